The lowest BCUT2D eigenvalue weighted by Crippen LogP contribution is -2.59. The predicted octanol–water partition coefficient (Wildman–Crippen LogP) is 1.41. The van der Waals surface area contributed by atoms with Gasteiger partial charge in [-0.25, -0.2) is 8.42 Å². The number of carbonyl (C=O) groups excluding carboxylic acids is 2. The van der Waals surface area contributed by atoms with Crippen LogP contribution < -0.4 is 15.8 Å². The van der Waals surface area contributed by atoms with E-state index < -0.39 is 22.1 Å². The van der Waals surface area contributed by atoms with E-state index in [1.165, 1.54) is 16.4 Å². The molecule has 0 radical (unpaired) electrons. The summed E-state index contributed by atoms with van der Waals surface area (Å²) in [5, 5.41) is 3.12. The number of nitrogens with zero attached hydrogens (tertiary/aromatic N) is 2. The van der Waals surface area contributed by atoms with Crippen LogP contribution in [0.15, 0.2) is 59.5 Å². The molecule has 2 aromatic rings. The first-order valence-corrected chi connectivity index (χ1v) is 13.5. The second-order valence-electron chi connectivity index (χ2n) is 9.30. The molecular formula is C25H30N4O5S. The number of nitrogens with two attached hydrogens (primary N) is 1. The first-order valence-electron chi connectivity index (χ1n) is 12.0. The van der Waals surface area contributed by atoms with Crippen molar-refractivity contribution in [2.24, 2.45) is 5.73 Å². The number of fused-ring (bicyclic) bond motifs is 2. The van der Waals surface area contributed by atoms with Crippen LogP contribution in [0, 0.1) is 0 Å². The van der Waals surface area contributed by atoms with E-state index in [1.54, 1.807) is 23.1 Å². The fourth-order valence-electron chi connectivity index (χ4n) is 5.35. The molecule has 0 spiro atoms. The summed E-state index contributed by atoms with van der Waals surface area (Å²) < 4.78 is 33.3. The molecule has 3 N–H and O–H groups in total. The van der Waals surface area contributed by atoms with Gasteiger partial charge in [0.25, 0.3) is 0 Å². The molecule has 0 saturated carbocycles. The molecular weight excluding hydrogens is 468 g/mol. The predicted molar refractivity (Wildman–Crippen MR) is 129 cm³/mol. The molecule has 3 aliphatic rings. The number of carbonyl (C=O) groups is 2. The van der Waals surface area contributed by atoms with Gasteiger partial charge in [-0.1, -0.05) is 36.4 Å². The Morgan fingerprint density at radius 3 is 2.54 bits per heavy atom. The van der Waals surface area contributed by atoms with E-state index in [2.05, 4.69) is 5.32 Å². The molecule has 0 aromatic heterocycles. The van der Waals surface area contributed by atoms with Crippen LogP contribution in [0.1, 0.15) is 37.3 Å². The quantitative estimate of drug-likeness (QED) is 0.657. The third-order valence-electron chi connectivity index (χ3n) is 7.14. The molecule has 2 amide bonds. The Bertz CT molecular complexity index is 1210. The molecule has 186 valence electrons. The summed E-state index contributed by atoms with van der Waals surface area (Å²) >= 11 is 0. The first-order chi connectivity index (χ1) is 16.9. The van der Waals surface area contributed by atoms with Crippen molar-refractivity contribution >= 4 is 21.8 Å². The zero-order valence-corrected chi connectivity index (χ0v) is 20.2. The zero-order chi connectivity index (χ0) is 24.6. The minimum absolute atomic E-state index is 0.124. The summed E-state index contributed by atoms with van der Waals surface area (Å²) in [6.07, 6.45) is 2.25. The average molecular weight is 499 g/mol. The third kappa shape index (κ3) is 4.53. The number of nitrogens with one attached hydrogen (secondary N) is 1. The minimum atomic E-state index is -3.77. The van der Waals surface area contributed by atoms with Gasteiger partial charge in [-0.05, 0) is 37.5 Å². The Morgan fingerprint density at radius 1 is 1.00 bits per heavy atom. The molecule has 4 atom stereocenters. The number of sulfonamides is 1. The Hall–Kier alpha value is -2.95. The van der Waals surface area contributed by atoms with Gasteiger partial charge in [-0.3, -0.25) is 9.59 Å². The molecule has 2 saturated heterocycles. The molecule has 10 heteroatoms. The highest BCUT2D eigenvalue weighted by molar-refractivity contribution is 7.89. The lowest BCUT2D eigenvalue weighted by atomic mass is 10.00. The van der Waals surface area contributed by atoms with Crippen LogP contribution in [0.2, 0.25) is 0 Å². The Morgan fingerprint density at radius 2 is 1.74 bits per heavy atom. The van der Waals surface area contributed by atoms with Crippen LogP contribution >= 0.6 is 0 Å². The van der Waals surface area contributed by atoms with Gasteiger partial charge in [-0.15, -0.1) is 0 Å². The van der Waals surface area contributed by atoms with Crippen LogP contribution in [0.4, 0.5) is 0 Å². The Balaban J connectivity index is 1.32. The topological polar surface area (TPSA) is 122 Å². The van der Waals surface area contributed by atoms with Crippen molar-refractivity contribution in [3.05, 3.63) is 60.2 Å². The van der Waals surface area contributed by atoms with Crippen LogP contribution in [-0.2, 0) is 19.6 Å². The largest absolute Gasteiger partial charge is 0.493 e. The van der Waals surface area contributed by atoms with E-state index in [1.807, 2.05) is 24.3 Å². The van der Waals surface area contributed by atoms with Gasteiger partial charge in [0.1, 0.15) is 11.8 Å². The van der Waals surface area contributed by atoms with E-state index in [-0.39, 0.29) is 41.9 Å². The molecule has 9 nitrogen and oxygen atoms in total. The molecule has 3 aliphatic heterocycles. The van der Waals surface area contributed by atoms with Crippen LogP contribution in [0.25, 0.3) is 0 Å². The summed E-state index contributed by atoms with van der Waals surface area (Å²) in [5.74, 6) is 0.175. The van der Waals surface area contributed by atoms with Crippen molar-refractivity contribution < 1.29 is 22.7 Å². The van der Waals surface area contributed by atoms with E-state index >= 15 is 0 Å². The zero-order valence-electron chi connectivity index (χ0n) is 19.4. The van der Waals surface area contributed by atoms with E-state index in [0.717, 1.165) is 11.3 Å². The smallest absolute Gasteiger partial charge is 0.243 e. The van der Waals surface area contributed by atoms with Crippen LogP contribution in [-0.4, -0.2) is 67.3 Å². The first kappa shape index (κ1) is 23.8. The van der Waals surface area contributed by atoms with E-state index in [4.69, 9.17) is 10.5 Å². The Kier molecular flexibility index (Phi) is 6.52. The highest BCUT2D eigenvalue weighted by Crippen LogP contribution is 2.34. The maximum Gasteiger partial charge on any atom is 0.243 e. The summed E-state index contributed by atoms with van der Waals surface area (Å²) in [5.41, 5.74) is 7.16. The van der Waals surface area contributed by atoms with Gasteiger partial charge in [0, 0.05) is 31.1 Å². The second-order valence-corrected chi connectivity index (χ2v) is 11.2. The third-order valence-corrected chi connectivity index (χ3v) is 9.02. The normalized spacial score (nSPS) is 27.2. The molecule has 2 aromatic carbocycles. The molecule has 0 bridgehead atoms. The molecule has 2 fully saturated rings. The molecule has 3 heterocycles. The number of amides is 2. The number of hydrogen-bond donors (Lipinski definition) is 2. The second kappa shape index (κ2) is 9.60. The highest BCUT2D eigenvalue weighted by Gasteiger charge is 2.45. The van der Waals surface area contributed by atoms with Gasteiger partial charge >= 0.3 is 0 Å². The fourth-order valence-corrected chi connectivity index (χ4v) is 6.85. The van der Waals surface area contributed by atoms with Gasteiger partial charge < -0.3 is 20.7 Å². The van der Waals surface area contributed by atoms with E-state index in [0.29, 0.717) is 32.3 Å². The van der Waals surface area contributed by atoms with E-state index in [9.17, 15) is 18.0 Å². The lowest BCUT2D eigenvalue weighted by Gasteiger charge is -2.37. The number of benzene rings is 2. The lowest BCUT2D eigenvalue weighted by molar-refractivity contribution is -0.142. The van der Waals surface area contributed by atoms with Crippen molar-refractivity contribution in [1.29, 1.82) is 0 Å². The summed E-state index contributed by atoms with van der Waals surface area (Å²) in [4.78, 5) is 28.5. The highest BCUT2D eigenvalue weighted by atomic mass is 32.2. The summed E-state index contributed by atoms with van der Waals surface area (Å²) in [7, 11) is -3.77. The van der Waals surface area contributed by atoms with Gasteiger partial charge in [-0.2, -0.15) is 4.31 Å². The summed E-state index contributed by atoms with van der Waals surface area (Å²) in [6, 6.07) is 13.7. The van der Waals surface area contributed by atoms with Gasteiger partial charge in [0.2, 0.25) is 21.8 Å². The molecule has 0 unspecified atom stereocenters. The van der Waals surface area contributed by atoms with Gasteiger partial charge in [0.05, 0.1) is 23.6 Å². The molecule has 5 rings (SSSR count). The van der Waals surface area contributed by atoms with Crippen LogP contribution in [0.5, 0.6) is 5.75 Å². The standard InChI is InChI=1S/C25H30N4O5S/c26-20-16-28(35(32,33)18-6-2-1-3-7-18)14-12-17-10-11-22(29(17)25(20)31)24(30)27-21-13-15-34-23-9-5-4-8-19(21)23/h1-9,17,20-22H,10-16,26H2,(H,27,30)/t17-,20+,21-,22+/m1/s1. The number of hydrogen-bond acceptors (Lipinski definition) is 6. The number of ether oxygens (including phenoxy) is 1. The minimum Gasteiger partial charge on any atom is -0.493 e. The Labute approximate surface area is 205 Å². The summed E-state index contributed by atoms with van der Waals surface area (Å²) in [6.45, 7) is 0.622. The molecule has 35 heavy (non-hydrogen) atoms. The monoisotopic (exact) mass is 498 g/mol. The van der Waals surface area contributed by atoms with Crippen molar-refractivity contribution in [1.82, 2.24) is 14.5 Å². The molecule has 0 aliphatic carbocycles. The maximum absolute atomic E-state index is 13.4. The number of para-hydroxylation sites is 1. The fraction of sp³-hybridized carbons (Fsp3) is 0.440. The van der Waals surface area contributed by atoms with Crippen molar-refractivity contribution in [3.63, 3.8) is 0 Å². The maximum atomic E-state index is 13.4. The average Bonchev–Trinajstić information content (AvgIpc) is 3.29. The number of rotatable bonds is 4. The van der Waals surface area contributed by atoms with Crippen molar-refractivity contribution in [2.75, 3.05) is 19.7 Å². The SMILES string of the molecule is N[C@H]1CN(S(=O)(=O)c2ccccc2)CC[C@H]2CC[C@@H](C(=O)N[C@@H]3CCOc4ccccc43)N2C1=O. The van der Waals surface area contributed by atoms with Crippen LogP contribution in [0.3, 0.4) is 0 Å². The van der Waals surface area contributed by atoms with Gasteiger partial charge in [0.15, 0.2) is 0 Å². The van der Waals surface area contributed by atoms with Crippen molar-refractivity contribution in [2.45, 2.75) is 54.7 Å². The van der Waals surface area contributed by atoms with Crippen molar-refractivity contribution in [3.8, 4) is 5.75 Å².